The van der Waals surface area contributed by atoms with Gasteiger partial charge in [0.1, 0.15) is 13.2 Å². The van der Waals surface area contributed by atoms with Gasteiger partial charge in [-0.1, -0.05) is 0 Å². The van der Waals surface area contributed by atoms with Crippen LogP contribution >= 0.6 is 0 Å². The summed E-state index contributed by atoms with van der Waals surface area (Å²) in [7, 11) is 1.40. The Hall–Kier alpha value is -1.49. The standard InChI is InChI=1S/C12H16FNO3/c1-12(2,14)9-10(13)7(15-3)6-8-11(9)17-5-4-16-8/h6H,4-5,14H2,1-3H3. The molecule has 0 bridgehead atoms. The molecule has 2 rings (SSSR count). The van der Waals surface area contributed by atoms with Crippen LogP contribution in [0.1, 0.15) is 19.4 Å². The van der Waals surface area contributed by atoms with Crippen LogP contribution < -0.4 is 19.9 Å². The molecule has 1 aromatic rings. The van der Waals surface area contributed by atoms with Crippen LogP contribution in [0.25, 0.3) is 0 Å². The first kappa shape index (κ1) is 12.0. The molecule has 1 aliphatic rings. The second-order valence-corrected chi connectivity index (χ2v) is 4.51. The van der Waals surface area contributed by atoms with E-state index >= 15 is 0 Å². The zero-order chi connectivity index (χ0) is 12.6. The van der Waals surface area contributed by atoms with Crippen molar-refractivity contribution in [1.29, 1.82) is 0 Å². The van der Waals surface area contributed by atoms with Crippen LogP contribution in [0.3, 0.4) is 0 Å². The smallest absolute Gasteiger partial charge is 0.174 e. The average Bonchev–Trinajstić information content (AvgIpc) is 2.26. The number of methoxy groups -OCH3 is 1. The highest BCUT2D eigenvalue weighted by Gasteiger charge is 2.31. The van der Waals surface area contributed by atoms with Crippen LogP contribution in [0.15, 0.2) is 6.07 Å². The second-order valence-electron chi connectivity index (χ2n) is 4.51. The van der Waals surface area contributed by atoms with E-state index in [1.54, 1.807) is 13.8 Å². The summed E-state index contributed by atoms with van der Waals surface area (Å²) in [6, 6.07) is 1.49. The zero-order valence-corrected chi connectivity index (χ0v) is 10.2. The minimum Gasteiger partial charge on any atom is -0.494 e. The molecule has 5 heteroatoms. The van der Waals surface area contributed by atoms with Crippen LogP contribution in [0.2, 0.25) is 0 Å². The van der Waals surface area contributed by atoms with E-state index in [4.69, 9.17) is 19.9 Å². The molecule has 0 aliphatic carbocycles. The Labute approximate surface area is 99.5 Å². The summed E-state index contributed by atoms with van der Waals surface area (Å²) in [5, 5.41) is 0. The fourth-order valence-electron chi connectivity index (χ4n) is 1.86. The fourth-order valence-corrected chi connectivity index (χ4v) is 1.86. The molecular formula is C12H16FNO3. The van der Waals surface area contributed by atoms with Gasteiger partial charge in [0.25, 0.3) is 0 Å². The van der Waals surface area contributed by atoms with Gasteiger partial charge in [-0.3, -0.25) is 0 Å². The number of hydrogen-bond donors (Lipinski definition) is 1. The molecule has 1 aromatic carbocycles. The van der Waals surface area contributed by atoms with E-state index in [0.717, 1.165) is 0 Å². The first-order valence-electron chi connectivity index (χ1n) is 5.40. The molecule has 0 radical (unpaired) electrons. The van der Waals surface area contributed by atoms with Gasteiger partial charge in [-0.25, -0.2) is 4.39 Å². The monoisotopic (exact) mass is 241 g/mol. The first-order chi connectivity index (χ1) is 7.95. The maximum Gasteiger partial charge on any atom is 0.174 e. The van der Waals surface area contributed by atoms with Gasteiger partial charge in [0.15, 0.2) is 23.1 Å². The predicted molar refractivity (Wildman–Crippen MR) is 61.2 cm³/mol. The van der Waals surface area contributed by atoms with Gasteiger partial charge in [0, 0.05) is 11.6 Å². The molecule has 0 atom stereocenters. The topological polar surface area (TPSA) is 53.7 Å². The van der Waals surface area contributed by atoms with Crippen molar-refractivity contribution in [3.05, 3.63) is 17.4 Å². The Kier molecular flexibility index (Phi) is 2.87. The number of benzene rings is 1. The summed E-state index contributed by atoms with van der Waals surface area (Å²) < 4.78 is 30.1. The lowest BCUT2D eigenvalue weighted by molar-refractivity contribution is 0.165. The van der Waals surface area contributed by atoms with Gasteiger partial charge in [-0.2, -0.15) is 0 Å². The molecule has 2 N–H and O–H groups in total. The highest BCUT2D eigenvalue weighted by atomic mass is 19.1. The van der Waals surface area contributed by atoms with Crippen molar-refractivity contribution in [2.45, 2.75) is 19.4 Å². The van der Waals surface area contributed by atoms with Gasteiger partial charge >= 0.3 is 0 Å². The molecule has 0 amide bonds. The predicted octanol–water partition coefficient (Wildman–Crippen LogP) is 1.80. The highest BCUT2D eigenvalue weighted by molar-refractivity contribution is 5.55. The number of hydrogen-bond acceptors (Lipinski definition) is 4. The molecular weight excluding hydrogens is 225 g/mol. The lowest BCUT2D eigenvalue weighted by atomic mass is 9.93. The lowest BCUT2D eigenvalue weighted by Gasteiger charge is -2.28. The number of ether oxygens (including phenoxy) is 3. The molecule has 0 saturated heterocycles. The highest BCUT2D eigenvalue weighted by Crippen LogP contribution is 2.44. The lowest BCUT2D eigenvalue weighted by Crippen LogP contribution is -2.32. The van der Waals surface area contributed by atoms with E-state index in [-0.39, 0.29) is 11.3 Å². The number of rotatable bonds is 2. The van der Waals surface area contributed by atoms with Gasteiger partial charge in [-0.05, 0) is 13.8 Å². The largest absolute Gasteiger partial charge is 0.494 e. The van der Waals surface area contributed by atoms with Crippen molar-refractivity contribution < 1.29 is 18.6 Å². The normalized spacial score (nSPS) is 14.6. The molecule has 0 aromatic heterocycles. The molecule has 1 heterocycles. The third-order valence-corrected chi connectivity index (χ3v) is 2.60. The van der Waals surface area contributed by atoms with E-state index in [1.807, 2.05) is 0 Å². The first-order valence-corrected chi connectivity index (χ1v) is 5.40. The van der Waals surface area contributed by atoms with Crippen molar-refractivity contribution in [1.82, 2.24) is 0 Å². The quantitative estimate of drug-likeness (QED) is 0.857. The molecule has 4 nitrogen and oxygen atoms in total. The summed E-state index contributed by atoms with van der Waals surface area (Å²) in [5.41, 5.74) is 5.39. The fraction of sp³-hybridized carbons (Fsp3) is 0.500. The minimum absolute atomic E-state index is 0.114. The molecule has 0 saturated carbocycles. The Morgan fingerprint density at radius 2 is 2.00 bits per heavy atom. The van der Waals surface area contributed by atoms with Gasteiger partial charge in [-0.15, -0.1) is 0 Å². The summed E-state index contributed by atoms with van der Waals surface area (Å²) in [4.78, 5) is 0. The molecule has 0 spiro atoms. The van der Waals surface area contributed by atoms with Crippen molar-refractivity contribution in [3.63, 3.8) is 0 Å². The number of halogens is 1. The SMILES string of the molecule is COc1cc2c(c(C(C)(C)N)c1F)OCCO2. The Morgan fingerprint density at radius 3 is 2.59 bits per heavy atom. The third kappa shape index (κ3) is 2.02. The Balaban J connectivity index is 2.68. The van der Waals surface area contributed by atoms with Crippen LogP contribution in [-0.4, -0.2) is 20.3 Å². The molecule has 17 heavy (non-hydrogen) atoms. The van der Waals surface area contributed by atoms with Crippen LogP contribution in [0, 0.1) is 5.82 Å². The van der Waals surface area contributed by atoms with E-state index in [0.29, 0.717) is 24.7 Å². The molecule has 94 valence electrons. The average molecular weight is 241 g/mol. The summed E-state index contributed by atoms with van der Waals surface area (Å²) in [6.07, 6.45) is 0. The van der Waals surface area contributed by atoms with Crippen LogP contribution in [0.4, 0.5) is 4.39 Å². The minimum atomic E-state index is -0.872. The van der Waals surface area contributed by atoms with E-state index in [1.165, 1.54) is 13.2 Å². The van der Waals surface area contributed by atoms with E-state index in [9.17, 15) is 4.39 Å². The van der Waals surface area contributed by atoms with E-state index in [2.05, 4.69) is 0 Å². The Bertz CT molecular complexity index is 440. The maximum atomic E-state index is 14.2. The molecule has 1 aliphatic heterocycles. The van der Waals surface area contributed by atoms with Gasteiger partial charge < -0.3 is 19.9 Å². The second kappa shape index (κ2) is 4.07. The Morgan fingerprint density at radius 1 is 1.35 bits per heavy atom. The van der Waals surface area contributed by atoms with E-state index < -0.39 is 11.4 Å². The summed E-state index contributed by atoms with van der Waals surface area (Å²) in [5.74, 6) is 0.470. The third-order valence-electron chi connectivity index (χ3n) is 2.60. The van der Waals surface area contributed by atoms with Crippen LogP contribution in [0.5, 0.6) is 17.2 Å². The molecule has 0 fully saturated rings. The maximum absolute atomic E-state index is 14.2. The summed E-state index contributed by atoms with van der Waals surface area (Å²) >= 11 is 0. The number of nitrogens with two attached hydrogens (primary N) is 1. The van der Waals surface area contributed by atoms with Crippen molar-refractivity contribution >= 4 is 0 Å². The summed E-state index contributed by atoms with van der Waals surface area (Å²) in [6.45, 7) is 4.25. The van der Waals surface area contributed by atoms with Crippen LogP contribution in [-0.2, 0) is 5.54 Å². The molecule has 0 unspecified atom stereocenters. The van der Waals surface area contributed by atoms with Crippen molar-refractivity contribution in [2.24, 2.45) is 5.73 Å². The van der Waals surface area contributed by atoms with Gasteiger partial charge in [0.2, 0.25) is 0 Å². The van der Waals surface area contributed by atoms with Gasteiger partial charge in [0.05, 0.1) is 12.7 Å². The number of fused-ring (bicyclic) bond motifs is 1. The van der Waals surface area contributed by atoms with Crippen molar-refractivity contribution in [3.8, 4) is 17.2 Å². The zero-order valence-electron chi connectivity index (χ0n) is 10.2. The van der Waals surface area contributed by atoms with Crippen molar-refractivity contribution in [2.75, 3.05) is 20.3 Å².